The van der Waals surface area contributed by atoms with Crippen LogP contribution in [0.3, 0.4) is 0 Å². The minimum Gasteiger partial charge on any atom is -0.309 e. The van der Waals surface area contributed by atoms with Crippen molar-refractivity contribution in [3.05, 3.63) is 58.3 Å². The summed E-state index contributed by atoms with van der Waals surface area (Å²) in [5, 5.41) is 0. The third kappa shape index (κ3) is 4.08. The number of hydrogen-bond donors (Lipinski definition) is 0. The fourth-order valence-electron chi connectivity index (χ4n) is 2.25. The fraction of sp³-hybridized carbons (Fsp3) is 0.235. The van der Waals surface area contributed by atoms with Crippen molar-refractivity contribution in [2.45, 2.75) is 11.8 Å². The lowest BCUT2D eigenvalue weighted by atomic mass is 10.2. The van der Waals surface area contributed by atoms with Gasteiger partial charge < -0.3 is 4.90 Å². The summed E-state index contributed by atoms with van der Waals surface area (Å²) in [5.74, 6) is -0.757. The SMILES string of the molecule is CCN(C(=O)c1ccc(Br)c(S(=O)(=O)N(C)C)c1)c1ccc(F)cc1. The average molecular weight is 429 g/mol. The van der Waals surface area contributed by atoms with E-state index < -0.39 is 15.8 Å². The maximum Gasteiger partial charge on any atom is 0.258 e. The Bertz CT molecular complexity index is 883. The third-order valence-electron chi connectivity index (χ3n) is 3.64. The summed E-state index contributed by atoms with van der Waals surface area (Å²) < 4.78 is 39.4. The molecule has 0 aliphatic heterocycles. The quantitative estimate of drug-likeness (QED) is 0.731. The van der Waals surface area contributed by atoms with Crippen LogP contribution in [-0.4, -0.2) is 39.3 Å². The minimum atomic E-state index is -3.70. The topological polar surface area (TPSA) is 57.7 Å². The molecule has 0 N–H and O–H groups in total. The first-order valence-electron chi connectivity index (χ1n) is 7.48. The molecule has 0 spiro atoms. The van der Waals surface area contributed by atoms with Crippen molar-refractivity contribution >= 4 is 37.5 Å². The Morgan fingerprint density at radius 1 is 1.12 bits per heavy atom. The molecule has 0 aromatic heterocycles. The van der Waals surface area contributed by atoms with E-state index in [1.54, 1.807) is 13.0 Å². The predicted octanol–water partition coefficient (Wildman–Crippen LogP) is 3.51. The van der Waals surface area contributed by atoms with Gasteiger partial charge in [0, 0.05) is 36.4 Å². The number of carbonyl (C=O) groups is 1. The number of rotatable bonds is 5. The molecule has 0 aliphatic rings. The van der Waals surface area contributed by atoms with Crippen LogP contribution in [-0.2, 0) is 10.0 Å². The van der Waals surface area contributed by atoms with Crippen LogP contribution < -0.4 is 4.90 Å². The lowest BCUT2D eigenvalue weighted by Gasteiger charge is -2.22. The van der Waals surface area contributed by atoms with Gasteiger partial charge in [0.1, 0.15) is 5.82 Å². The molecular weight excluding hydrogens is 411 g/mol. The van der Waals surface area contributed by atoms with Gasteiger partial charge in [-0.2, -0.15) is 0 Å². The second kappa shape index (κ2) is 7.63. The lowest BCUT2D eigenvalue weighted by Crippen LogP contribution is -2.31. The van der Waals surface area contributed by atoms with Crippen LogP contribution in [0.2, 0.25) is 0 Å². The molecule has 0 saturated carbocycles. The van der Waals surface area contributed by atoms with Gasteiger partial charge in [0.2, 0.25) is 10.0 Å². The first-order valence-corrected chi connectivity index (χ1v) is 9.71. The lowest BCUT2D eigenvalue weighted by molar-refractivity contribution is 0.0988. The van der Waals surface area contributed by atoms with E-state index in [0.717, 1.165) is 4.31 Å². The zero-order valence-electron chi connectivity index (χ0n) is 14.0. The maximum absolute atomic E-state index is 13.1. The molecule has 0 atom stereocenters. The van der Waals surface area contributed by atoms with Gasteiger partial charge in [-0.25, -0.2) is 17.1 Å². The highest BCUT2D eigenvalue weighted by molar-refractivity contribution is 9.10. The summed E-state index contributed by atoms with van der Waals surface area (Å²) in [4.78, 5) is 14.3. The molecule has 0 fully saturated rings. The van der Waals surface area contributed by atoms with Gasteiger partial charge in [-0.3, -0.25) is 4.79 Å². The number of nitrogens with zero attached hydrogens (tertiary/aromatic N) is 2. The Morgan fingerprint density at radius 2 is 1.72 bits per heavy atom. The summed E-state index contributed by atoms with van der Waals surface area (Å²) >= 11 is 3.22. The molecule has 8 heteroatoms. The molecule has 0 bridgehead atoms. The van der Waals surface area contributed by atoms with Crippen LogP contribution in [0.25, 0.3) is 0 Å². The zero-order chi connectivity index (χ0) is 18.8. The van der Waals surface area contributed by atoms with Gasteiger partial charge in [-0.1, -0.05) is 0 Å². The second-order valence-corrected chi connectivity index (χ2v) is 8.43. The number of benzene rings is 2. The van der Waals surface area contributed by atoms with Gasteiger partial charge in [0.15, 0.2) is 0 Å². The molecule has 0 aliphatic carbocycles. The van der Waals surface area contributed by atoms with Gasteiger partial charge in [-0.15, -0.1) is 0 Å². The Labute approximate surface area is 155 Å². The van der Waals surface area contributed by atoms with Crippen molar-refractivity contribution in [2.75, 3.05) is 25.5 Å². The van der Waals surface area contributed by atoms with Gasteiger partial charge >= 0.3 is 0 Å². The molecule has 0 unspecified atom stereocenters. The van der Waals surface area contributed by atoms with Crippen molar-refractivity contribution in [3.8, 4) is 0 Å². The Balaban J connectivity index is 2.47. The van der Waals surface area contributed by atoms with E-state index in [4.69, 9.17) is 0 Å². The van der Waals surface area contributed by atoms with Crippen molar-refractivity contribution in [1.29, 1.82) is 0 Å². The summed E-state index contributed by atoms with van der Waals surface area (Å²) in [6.07, 6.45) is 0. The highest BCUT2D eigenvalue weighted by Crippen LogP contribution is 2.27. The molecule has 1 amide bonds. The van der Waals surface area contributed by atoms with Gasteiger partial charge in [0.05, 0.1) is 4.90 Å². The van der Waals surface area contributed by atoms with Gasteiger partial charge in [-0.05, 0) is 65.3 Å². The van der Waals surface area contributed by atoms with E-state index in [-0.39, 0.29) is 16.4 Å². The Kier molecular flexibility index (Phi) is 5.97. The van der Waals surface area contributed by atoms with Crippen molar-refractivity contribution in [2.24, 2.45) is 0 Å². The molecule has 0 saturated heterocycles. The van der Waals surface area contributed by atoms with E-state index in [0.29, 0.717) is 16.7 Å². The Morgan fingerprint density at radius 3 is 2.24 bits per heavy atom. The normalized spacial score (nSPS) is 11.6. The molecule has 134 valence electrons. The van der Waals surface area contributed by atoms with Crippen LogP contribution in [0.15, 0.2) is 51.8 Å². The number of anilines is 1. The smallest absolute Gasteiger partial charge is 0.258 e. The molecular formula is C17H18BrFN2O3S. The molecule has 0 radical (unpaired) electrons. The first-order chi connectivity index (χ1) is 11.7. The summed E-state index contributed by atoms with van der Waals surface area (Å²) in [6.45, 7) is 2.15. The first kappa shape index (κ1) is 19.6. The number of amides is 1. The van der Waals surface area contributed by atoms with E-state index in [1.807, 2.05) is 0 Å². The summed E-state index contributed by atoms with van der Waals surface area (Å²) in [5.41, 5.74) is 0.767. The Hall–Kier alpha value is -1.77. The van der Waals surface area contributed by atoms with Crippen molar-refractivity contribution in [3.63, 3.8) is 0 Å². The van der Waals surface area contributed by atoms with Crippen molar-refractivity contribution < 1.29 is 17.6 Å². The number of halogens is 2. The van der Waals surface area contributed by atoms with E-state index in [9.17, 15) is 17.6 Å². The van der Waals surface area contributed by atoms with Crippen LogP contribution in [0.4, 0.5) is 10.1 Å². The number of sulfonamides is 1. The van der Waals surface area contributed by atoms with E-state index in [2.05, 4.69) is 15.9 Å². The number of hydrogen-bond acceptors (Lipinski definition) is 3. The van der Waals surface area contributed by atoms with Crippen molar-refractivity contribution in [1.82, 2.24) is 4.31 Å². The zero-order valence-corrected chi connectivity index (χ0v) is 16.4. The van der Waals surface area contributed by atoms with Crippen LogP contribution >= 0.6 is 15.9 Å². The van der Waals surface area contributed by atoms with Crippen LogP contribution in [0.5, 0.6) is 0 Å². The predicted molar refractivity (Wildman–Crippen MR) is 98.8 cm³/mol. The maximum atomic E-state index is 13.1. The molecule has 2 aromatic rings. The highest BCUT2D eigenvalue weighted by Gasteiger charge is 2.24. The van der Waals surface area contributed by atoms with E-state index >= 15 is 0 Å². The molecule has 25 heavy (non-hydrogen) atoms. The largest absolute Gasteiger partial charge is 0.309 e. The second-order valence-electron chi connectivity index (χ2n) is 5.46. The highest BCUT2D eigenvalue weighted by atomic mass is 79.9. The third-order valence-corrected chi connectivity index (χ3v) is 6.45. The van der Waals surface area contributed by atoms with E-state index in [1.165, 1.54) is 55.4 Å². The standard InChI is InChI=1S/C17H18BrFN2O3S/c1-4-21(14-8-6-13(19)7-9-14)17(22)12-5-10-15(18)16(11-12)25(23,24)20(2)3/h5-11H,4H2,1-3H3. The average Bonchev–Trinajstić information content (AvgIpc) is 2.57. The van der Waals surface area contributed by atoms with Crippen LogP contribution in [0, 0.1) is 5.82 Å². The minimum absolute atomic E-state index is 0.0125. The molecule has 2 rings (SSSR count). The molecule has 2 aromatic carbocycles. The van der Waals surface area contributed by atoms with Crippen LogP contribution in [0.1, 0.15) is 17.3 Å². The summed E-state index contributed by atoms with van der Waals surface area (Å²) in [6, 6.07) is 9.98. The number of carbonyl (C=O) groups excluding carboxylic acids is 1. The fourth-order valence-corrected chi connectivity index (χ4v) is 4.10. The summed E-state index contributed by atoms with van der Waals surface area (Å²) in [7, 11) is -0.853. The molecule has 0 heterocycles. The monoisotopic (exact) mass is 428 g/mol. The molecule has 5 nitrogen and oxygen atoms in total. The van der Waals surface area contributed by atoms with Gasteiger partial charge in [0.25, 0.3) is 5.91 Å².